The van der Waals surface area contributed by atoms with Gasteiger partial charge in [-0.2, -0.15) is 0 Å². The van der Waals surface area contributed by atoms with Gasteiger partial charge in [-0.15, -0.1) is 0 Å². The van der Waals surface area contributed by atoms with Gasteiger partial charge in [-0.25, -0.2) is 0 Å². The van der Waals surface area contributed by atoms with Crippen molar-refractivity contribution in [3.63, 3.8) is 0 Å². The molecular formula is C11H16. The van der Waals surface area contributed by atoms with E-state index in [-0.39, 0.29) is 0 Å². The molecule has 0 fully saturated rings. The second kappa shape index (κ2) is 3.56. The Bertz CT molecular complexity index is 216. The van der Waals surface area contributed by atoms with Gasteiger partial charge in [0.1, 0.15) is 0 Å². The van der Waals surface area contributed by atoms with Gasteiger partial charge in [-0.05, 0) is 26.2 Å². The van der Waals surface area contributed by atoms with E-state index in [1.54, 1.807) is 0 Å². The monoisotopic (exact) mass is 148 g/mol. The van der Waals surface area contributed by atoms with Crippen LogP contribution in [0.15, 0.2) is 35.5 Å². The van der Waals surface area contributed by atoms with Gasteiger partial charge in [0, 0.05) is 0 Å². The van der Waals surface area contributed by atoms with E-state index >= 15 is 0 Å². The van der Waals surface area contributed by atoms with Crippen LogP contribution in [0.1, 0.15) is 27.2 Å². The summed E-state index contributed by atoms with van der Waals surface area (Å²) in [5.74, 6) is 0.596. The SMILES string of the molecule is CC1=CCC(C)=CC(C)C=C1. The average molecular weight is 148 g/mol. The van der Waals surface area contributed by atoms with Crippen molar-refractivity contribution in [2.75, 3.05) is 0 Å². The van der Waals surface area contributed by atoms with Crippen molar-refractivity contribution in [3.05, 3.63) is 35.5 Å². The zero-order chi connectivity index (χ0) is 8.27. The molecule has 0 heterocycles. The van der Waals surface area contributed by atoms with Gasteiger partial charge in [0.05, 0.1) is 0 Å². The largest absolute Gasteiger partial charge is 0.0787 e. The first kappa shape index (κ1) is 8.32. The molecule has 0 heteroatoms. The fourth-order valence-corrected chi connectivity index (χ4v) is 1.27. The summed E-state index contributed by atoms with van der Waals surface area (Å²) in [5, 5.41) is 0. The van der Waals surface area contributed by atoms with Crippen LogP contribution < -0.4 is 0 Å². The molecule has 0 bridgehead atoms. The van der Waals surface area contributed by atoms with E-state index in [4.69, 9.17) is 0 Å². The standard InChI is InChI=1S/C11H16/c1-9-4-6-10(2)8-11(3)7-5-9/h4-6,8,10H,7H2,1-3H3. The first-order valence-electron chi connectivity index (χ1n) is 4.21. The van der Waals surface area contributed by atoms with Crippen LogP contribution in [-0.2, 0) is 0 Å². The molecule has 0 aromatic rings. The molecule has 0 radical (unpaired) electrons. The highest BCUT2D eigenvalue weighted by Crippen LogP contribution is 2.14. The Balaban J connectivity index is 2.82. The second-order valence-corrected chi connectivity index (χ2v) is 3.38. The van der Waals surface area contributed by atoms with E-state index in [0.29, 0.717) is 5.92 Å². The van der Waals surface area contributed by atoms with Gasteiger partial charge in [-0.3, -0.25) is 0 Å². The molecule has 0 saturated heterocycles. The summed E-state index contributed by atoms with van der Waals surface area (Å²) >= 11 is 0. The Kier molecular flexibility index (Phi) is 2.70. The maximum Gasteiger partial charge on any atom is -0.00760 e. The fraction of sp³-hybridized carbons (Fsp3) is 0.455. The van der Waals surface area contributed by atoms with E-state index in [9.17, 15) is 0 Å². The van der Waals surface area contributed by atoms with Crippen molar-refractivity contribution < 1.29 is 0 Å². The van der Waals surface area contributed by atoms with Gasteiger partial charge >= 0.3 is 0 Å². The van der Waals surface area contributed by atoms with E-state index in [1.165, 1.54) is 11.1 Å². The molecule has 1 unspecified atom stereocenters. The van der Waals surface area contributed by atoms with Crippen LogP contribution in [0.3, 0.4) is 0 Å². The second-order valence-electron chi connectivity index (χ2n) is 3.38. The molecule has 0 spiro atoms. The summed E-state index contributed by atoms with van der Waals surface area (Å²) in [6.07, 6.45) is 10.1. The van der Waals surface area contributed by atoms with Crippen molar-refractivity contribution in [1.82, 2.24) is 0 Å². The lowest BCUT2D eigenvalue weighted by atomic mass is 10.0. The molecule has 1 aliphatic carbocycles. The van der Waals surface area contributed by atoms with Crippen LogP contribution in [-0.4, -0.2) is 0 Å². The maximum atomic E-state index is 2.32. The van der Waals surface area contributed by atoms with Crippen molar-refractivity contribution >= 4 is 0 Å². The lowest BCUT2D eigenvalue weighted by Gasteiger charge is -2.05. The predicted molar refractivity (Wildman–Crippen MR) is 50.4 cm³/mol. The third-order valence-corrected chi connectivity index (χ3v) is 1.96. The summed E-state index contributed by atoms with van der Waals surface area (Å²) in [5.41, 5.74) is 2.85. The third-order valence-electron chi connectivity index (χ3n) is 1.96. The molecule has 11 heavy (non-hydrogen) atoms. The summed E-state index contributed by atoms with van der Waals surface area (Å²) in [6, 6.07) is 0. The minimum absolute atomic E-state index is 0.596. The molecule has 1 aliphatic rings. The lowest BCUT2D eigenvalue weighted by molar-refractivity contribution is 0.908. The quantitative estimate of drug-likeness (QED) is 0.461. The highest BCUT2D eigenvalue weighted by molar-refractivity contribution is 5.23. The van der Waals surface area contributed by atoms with E-state index in [2.05, 4.69) is 45.1 Å². The molecule has 60 valence electrons. The van der Waals surface area contributed by atoms with Crippen LogP contribution in [0.4, 0.5) is 0 Å². The van der Waals surface area contributed by atoms with Crippen molar-refractivity contribution in [2.24, 2.45) is 5.92 Å². The van der Waals surface area contributed by atoms with Crippen LogP contribution in [0.5, 0.6) is 0 Å². The van der Waals surface area contributed by atoms with E-state index < -0.39 is 0 Å². The molecular weight excluding hydrogens is 132 g/mol. The first-order valence-corrected chi connectivity index (χ1v) is 4.21. The minimum atomic E-state index is 0.596. The highest BCUT2D eigenvalue weighted by Gasteiger charge is 1.96. The Hall–Kier alpha value is -0.780. The number of hydrogen-bond acceptors (Lipinski definition) is 0. The molecule has 0 aliphatic heterocycles. The van der Waals surface area contributed by atoms with Crippen LogP contribution >= 0.6 is 0 Å². The van der Waals surface area contributed by atoms with E-state index in [1.807, 2.05) is 0 Å². The molecule has 0 aromatic carbocycles. The van der Waals surface area contributed by atoms with Gasteiger partial charge in [0.15, 0.2) is 0 Å². The molecule has 1 atom stereocenters. The van der Waals surface area contributed by atoms with Gasteiger partial charge in [0.25, 0.3) is 0 Å². The van der Waals surface area contributed by atoms with Crippen molar-refractivity contribution in [3.8, 4) is 0 Å². The summed E-state index contributed by atoms with van der Waals surface area (Å²) in [7, 11) is 0. The molecule has 0 saturated carbocycles. The normalized spacial score (nSPS) is 25.2. The summed E-state index contributed by atoms with van der Waals surface area (Å²) < 4.78 is 0. The molecule has 0 amide bonds. The van der Waals surface area contributed by atoms with Crippen LogP contribution in [0.2, 0.25) is 0 Å². The highest BCUT2D eigenvalue weighted by atomic mass is 14.0. The summed E-state index contributed by atoms with van der Waals surface area (Å²) in [6.45, 7) is 6.57. The third kappa shape index (κ3) is 2.75. The lowest BCUT2D eigenvalue weighted by Crippen LogP contribution is -1.89. The smallest absolute Gasteiger partial charge is 0.00760 e. The van der Waals surface area contributed by atoms with Gasteiger partial charge in [0.2, 0.25) is 0 Å². The van der Waals surface area contributed by atoms with Crippen molar-refractivity contribution in [1.29, 1.82) is 0 Å². The average Bonchev–Trinajstić information content (AvgIpc) is 1.95. The zero-order valence-electron chi connectivity index (χ0n) is 7.59. The maximum absolute atomic E-state index is 2.32. The Morgan fingerprint density at radius 3 is 2.82 bits per heavy atom. The first-order chi connectivity index (χ1) is 5.18. The van der Waals surface area contributed by atoms with Crippen LogP contribution in [0.25, 0.3) is 0 Å². The molecule has 0 N–H and O–H groups in total. The predicted octanol–water partition coefficient (Wildman–Crippen LogP) is 3.48. The molecule has 1 rings (SSSR count). The molecule has 0 nitrogen and oxygen atoms in total. The van der Waals surface area contributed by atoms with Crippen molar-refractivity contribution in [2.45, 2.75) is 27.2 Å². The number of rotatable bonds is 0. The minimum Gasteiger partial charge on any atom is -0.0787 e. The van der Waals surface area contributed by atoms with Crippen LogP contribution in [0, 0.1) is 5.92 Å². The molecule has 0 aromatic heterocycles. The summed E-state index contributed by atoms with van der Waals surface area (Å²) in [4.78, 5) is 0. The van der Waals surface area contributed by atoms with Gasteiger partial charge in [-0.1, -0.05) is 42.4 Å². The number of allylic oxidation sites excluding steroid dienone is 6. The topological polar surface area (TPSA) is 0 Å². The zero-order valence-corrected chi connectivity index (χ0v) is 7.59. The Labute approximate surface area is 69.3 Å². The number of hydrogen-bond donors (Lipinski definition) is 0. The van der Waals surface area contributed by atoms with Gasteiger partial charge < -0.3 is 0 Å². The Morgan fingerprint density at radius 1 is 1.36 bits per heavy atom. The fourth-order valence-electron chi connectivity index (χ4n) is 1.27. The van der Waals surface area contributed by atoms with E-state index in [0.717, 1.165) is 6.42 Å². The Morgan fingerprint density at radius 2 is 2.09 bits per heavy atom.